The number of halogens is 2. The maximum absolute atomic E-state index is 13.3. The first kappa shape index (κ1) is 21.6. The summed E-state index contributed by atoms with van der Waals surface area (Å²) in [5.41, 5.74) is 2.62. The molecule has 1 aromatic carbocycles. The van der Waals surface area contributed by atoms with Crippen molar-refractivity contribution >= 4 is 22.7 Å². The van der Waals surface area contributed by atoms with Crippen LogP contribution in [0.25, 0.3) is 10.9 Å². The number of hydrogen-bond acceptors (Lipinski definition) is 4. The average molecular weight is 457 g/mol. The molecule has 3 heterocycles. The van der Waals surface area contributed by atoms with Crippen LogP contribution >= 0.6 is 0 Å². The Morgan fingerprint density at radius 2 is 2.09 bits per heavy atom. The van der Waals surface area contributed by atoms with E-state index in [1.807, 2.05) is 30.3 Å². The Balaban J connectivity index is 1.32. The molecule has 1 fully saturated rings. The van der Waals surface area contributed by atoms with Gasteiger partial charge in [-0.25, -0.2) is 8.78 Å². The molecule has 8 nitrogen and oxygen atoms in total. The number of carbonyl (C=O) groups is 2. The van der Waals surface area contributed by atoms with Crippen LogP contribution in [0.4, 0.5) is 8.78 Å². The standard InChI is InChI=1S/C23H25F2N5O3/c1-29(23(7-8-23)13-33-12-19(24)25)22(32)20-15-11-30(9-6-17(15)27-28-20)21(31)18-10-14-4-2-3-5-16(14)26-18/h2-5,10,19,26H,6-9,11-13H2,1H3,(H,27,28). The van der Waals surface area contributed by atoms with Gasteiger partial charge in [0.15, 0.2) is 5.69 Å². The molecule has 2 amide bonds. The third kappa shape index (κ3) is 3.99. The van der Waals surface area contributed by atoms with Gasteiger partial charge in [0.25, 0.3) is 18.2 Å². The quantitative estimate of drug-likeness (QED) is 0.570. The number of fused-ring (bicyclic) bond motifs is 2. The number of nitrogens with one attached hydrogen (secondary N) is 2. The molecule has 174 valence electrons. The molecule has 0 saturated heterocycles. The highest BCUT2D eigenvalue weighted by Gasteiger charge is 2.50. The lowest BCUT2D eigenvalue weighted by atomic mass is 10.0. The van der Waals surface area contributed by atoms with Crippen LogP contribution in [0.3, 0.4) is 0 Å². The van der Waals surface area contributed by atoms with Crippen molar-refractivity contribution < 1.29 is 23.1 Å². The summed E-state index contributed by atoms with van der Waals surface area (Å²) >= 11 is 0. The third-order valence-corrected chi connectivity index (χ3v) is 6.64. The number of benzene rings is 1. The molecular weight excluding hydrogens is 432 g/mol. The SMILES string of the molecule is CN(C(=O)c1n[nH]c2c1CN(C(=O)c1cc3ccccc3[nH]1)CC2)C1(COCC(F)F)CC1. The van der Waals surface area contributed by atoms with Crippen LogP contribution in [0.1, 0.15) is 45.1 Å². The first-order valence-corrected chi connectivity index (χ1v) is 11.0. The van der Waals surface area contributed by atoms with Crippen LogP contribution in [0.15, 0.2) is 30.3 Å². The second-order valence-electron chi connectivity index (χ2n) is 8.77. The first-order chi connectivity index (χ1) is 15.9. The number of likely N-dealkylation sites (N-methyl/N-ethyl adjacent to an activating group) is 1. The molecular formula is C23H25F2N5O3. The Morgan fingerprint density at radius 1 is 1.30 bits per heavy atom. The zero-order valence-electron chi connectivity index (χ0n) is 18.2. The van der Waals surface area contributed by atoms with E-state index in [0.29, 0.717) is 37.1 Å². The van der Waals surface area contributed by atoms with Crippen molar-refractivity contribution in [1.29, 1.82) is 0 Å². The summed E-state index contributed by atoms with van der Waals surface area (Å²) in [4.78, 5) is 32.8. The molecule has 0 radical (unpaired) electrons. The minimum Gasteiger partial charge on any atom is -0.373 e. The Bertz CT molecular complexity index is 1170. The zero-order chi connectivity index (χ0) is 23.2. The van der Waals surface area contributed by atoms with Crippen molar-refractivity contribution in [3.63, 3.8) is 0 Å². The highest BCUT2D eigenvalue weighted by atomic mass is 19.3. The van der Waals surface area contributed by atoms with E-state index in [4.69, 9.17) is 4.74 Å². The summed E-state index contributed by atoms with van der Waals surface area (Å²) in [6, 6.07) is 9.52. The Kier molecular flexibility index (Phi) is 5.40. The number of amides is 2. The van der Waals surface area contributed by atoms with Crippen molar-refractivity contribution in [3.05, 3.63) is 53.0 Å². The first-order valence-electron chi connectivity index (χ1n) is 11.0. The van der Waals surface area contributed by atoms with Gasteiger partial charge in [-0.1, -0.05) is 18.2 Å². The fourth-order valence-electron chi connectivity index (χ4n) is 4.44. The van der Waals surface area contributed by atoms with Gasteiger partial charge >= 0.3 is 0 Å². The lowest BCUT2D eigenvalue weighted by molar-refractivity contribution is -0.00823. The highest BCUT2D eigenvalue weighted by molar-refractivity contribution is 5.99. The lowest BCUT2D eigenvalue weighted by Gasteiger charge is -2.29. The summed E-state index contributed by atoms with van der Waals surface area (Å²) in [5.74, 6) is -0.436. The van der Waals surface area contributed by atoms with Crippen LogP contribution in [0, 0.1) is 0 Å². The van der Waals surface area contributed by atoms with Gasteiger partial charge in [-0.15, -0.1) is 0 Å². The molecule has 33 heavy (non-hydrogen) atoms. The summed E-state index contributed by atoms with van der Waals surface area (Å²) < 4.78 is 30.0. The van der Waals surface area contributed by atoms with Crippen molar-refractivity contribution in [2.45, 2.75) is 37.8 Å². The van der Waals surface area contributed by atoms with Crippen LogP contribution in [-0.4, -0.2) is 75.6 Å². The number of aromatic amines is 2. The van der Waals surface area contributed by atoms with Gasteiger partial charge in [0, 0.05) is 42.2 Å². The second kappa shape index (κ2) is 8.26. The number of ether oxygens (including phenoxy) is 1. The Morgan fingerprint density at radius 3 is 2.82 bits per heavy atom. The van der Waals surface area contributed by atoms with Gasteiger partial charge in [-0.3, -0.25) is 14.7 Å². The number of para-hydroxylation sites is 1. The summed E-state index contributed by atoms with van der Waals surface area (Å²) in [6.07, 6.45) is -0.596. The van der Waals surface area contributed by atoms with E-state index in [0.717, 1.165) is 16.6 Å². The fraction of sp³-hybridized carbons (Fsp3) is 0.435. The van der Waals surface area contributed by atoms with Crippen LogP contribution < -0.4 is 0 Å². The van der Waals surface area contributed by atoms with E-state index in [1.165, 1.54) is 0 Å². The highest BCUT2D eigenvalue weighted by Crippen LogP contribution is 2.42. The molecule has 1 aliphatic carbocycles. The van der Waals surface area contributed by atoms with Crippen LogP contribution in [0.2, 0.25) is 0 Å². The maximum atomic E-state index is 13.3. The fourth-order valence-corrected chi connectivity index (χ4v) is 4.44. The Hall–Kier alpha value is -3.27. The normalized spacial score (nSPS) is 16.8. The predicted molar refractivity (Wildman–Crippen MR) is 116 cm³/mol. The number of rotatable bonds is 7. The summed E-state index contributed by atoms with van der Waals surface area (Å²) in [5, 5.41) is 8.15. The minimum atomic E-state index is -2.54. The molecule has 0 atom stereocenters. The van der Waals surface area contributed by atoms with E-state index >= 15 is 0 Å². The van der Waals surface area contributed by atoms with Crippen LogP contribution in [-0.2, 0) is 17.7 Å². The molecule has 0 spiro atoms. The van der Waals surface area contributed by atoms with Gasteiger partial charge < -0.3 is 19.5 Å². The van der Waals surface area contributed by atoms with E-state index in [1.54, 1.807) is 16.8 Å². The number of carbonyl (C=O) groups excluding carboxylic acids is 2. The molecule has 3 aromatic rings. The average Bonchev–Trinajstić information content (AvgIpc) is 3.28. The van der Waals surface area contributed by atoms with Crippen molar-refractivity contribution in [1.82, 2.24) is 25.0 Å². The number of H-pyrrole nitrogens is 2. The summed E-state index contributed by atoms with van der Waals surface area (Å²) in [7, 11) is 1.65. The van der Waals surface area contributed by atoms with Crippen molar-refractivity contribution in [2.24, 2.45) is 0 Å². The number of hydrogen-bond donors (Lipinski definition) is 2. The van der Waals surface area contributed by atoms with Crippen molar-refractivity contribution in [3.8, 4) is 0 Å². The predicted octanol–water partition coefficient (Wildman–Crippen LogP) is 2.98. The van der Waals surface area contributed by atoms with E-state index in [-0.39, 0.29) is 30.7 Å². The third-order valence-electron chi connectivity index (χ3n) is 6.64. The van der Waals surface area contributed by atoms with Gasteiger partial charge in [-0.05, 0) is 25.0 Å². The van der Waals surface area contributed by atoms with Gasteiger partial charge in [0.1, 0.15) is 12.3 Å². The smallest absolute Gasteiger partial charge is 0.274 e. The van der Waals surface area contributed by atoms with E-state index in [2.05, 4.69) is 15.2 Å². The van der Waals surface area contributed by atoms with Gasteiger partial charge in [0.05, 0.1) is 18.7 Å². The molecule has 0 unspecified atom stereocenters. The van der Waals surface area contributed by atoms with Crippen molar-refractivity contribution in [2.75, 3.05) is 26.8 Å². The molecule has 2 aliphatic rings. The van der Waals surface area contributed by atoms with E-state index in [9.17, 15) is 18.4 Å². The Labute approximate surface area is 188 Å². The lowest BCUT2D eigenvalue weighted by Crippen LogP contribution is -2.43. The molecule has 1 aliphatic heterocycles. The van der Waals surface area contributed by atoms with Gasteiger partial charge in [-0.2, -0.15) is 5.10 Å². The largest absolute Gasteiger partial charge is 0.373 e. The van der Waals surface area contributed by atoms with Gasteiger partial charge in [0.2, 0.25) is 0 Å². The molecule has 2 aromatic heterocycles. The molecule has 0 bridgehead atoms. The molecule has 10 heteroatoms. The summed E-state index contributed by atoms with van der Waals surface area (Å²) in [6.45, 7) is 0.200. The van der Waals surface area contributed by atoms with E-state index < -0.39 is 18.6 Å². The zero-order valence-corrected chi connectivity index (χ0v) is 18.2. The number of aromatic nitrogens is 3. The maximum Gasteiger partial charge on any atom is 0.274 e. The second-order valence-corrected chi connectivity index (χ2v) is 8.77. The topological polar surface area (TPSA) is 94.3 Å². The minimum absolute atomic E-state index is 0.0667. The van der Waals surface area contributed by atoms with Crippen LogP contribution in [0.5, 0.6) is 0 Å². The number of nitrogens with zero attached hydrogens (tertiary/aromatic N) is 3. The molecule has 5 rings (SSSR count). The molecule has 2 N–H and O–H groups in total. The number of alkyl halides is 2. The monoisotopic (exact) mass is 457 g/mol. The molecule has 1 saturated carbocycles.